The summed E-state index contributed by atoms with van der Waals surface area (Å²) in [5.74, 6) is 0.970. The summed E-state index contributed by atoms with van der Waals surface area (Å²) in [5, 5.41) is 0. The van der Waals surface area contributed by atoms with Gasteiger partial charge in [-0.2, -0.15) is 0 Å². The largest absolute Gasteiger partial charge is 0.0620 e. The van der Waals surface area contributed by atoms with E-state index >= 15 is 0 Å². The monoisotopic (exact) mass is 145 g/mol. The molecule has 2 rings (SSSR count). The highest BCUT2D eigenvalue weighted by Crippen LogP contribution is 2.33. The summed E-state index contributed by atoms with van der Waals surface area (Å²) in [6, 6.07) is 8.45. The Morgan fingerprint density at radius 3 is 2.64 bits per heavy atom. The van der Waals surface area contributed by atoms with E-state index in [9.17, 15) is 0 Å². The number of benzene rings is 1. The highest BCUT2D eigenvalue weighted by molar-refractivity contribution is 5.30. The molecule has 0 nitrogen and oxygen atoms in total. The van der Waals surface area contributed by atoms with Crippen LogP contribution in [0, 0.1) is 12.8 Å². The van der Waals surface area contributed by atoms with Gasteiger partial charge in [0.15, 0.2) is 0 Å². The summed E-state index contributed by atoms with van der Waals surface area (Å²) < 4.78 is 0. The molecule has 1 aromatic rings. The maximum Gasteiger partial charge on any atom is -0.0235 e. The second-order valence-corrected chi connectivity index (χ2v) is 3.42. The molecule has 11 heavy (non-hydrogen) atoms. The highest BCUT2D eigenvalue weighted by Gasteiger charge is 2.21. The third-order valence-electron chi connectivity index (χ3n) is 2.32. The van der Waals surface area contributed by atoms with Crippen molar-refractivity contribution < 1.29 is 0 Å². The molecule has 0 unspecified atom stereocenters. The molecule has 0 aromatic heterocycles. The molecule has 0 heteroatoms. The molecule has 0 saturated heterocycles. The van der Waals surface area contributed by atoms with E-state index in [2.05, 4.69) is 31.2 Å². The van der Waals surface area contributed by atoms with E-state index in [4.69, 9.17) is 0 Å². The molecule has 1 saturated carbocycles. The molecule has 1 radical (unpaired) electrons. The summed E-state index contributed by atoms with van der Waals surface area (Å²) in [5.41, 5.74) is 2.65. The maximum absolute atomic E-state index is 4.00. The zero-order valence-corrected chi connectivity index (χ0v) is 6.72. The van der Waals surface area contributed by atoms with Crippen molar-refractivity contribution in [2.75, 3.05) is 0 Å². The van der Waals surface area contributed by atoms with Gasteiger partial charge in [-0.25, -0.2) is 0 Å². The van der Waals surface area contributed by atoms with Gasteiger partial charge in [-0.15, -0.1) is 0 Å². The number of rotatable bonds is 2. The Labute approximate surface area is 68.3 Å². The molecule has 1 aliphatic rings. The van der Waals surface area contributed by atoms with Crippen molar-refractivity contribution in [1.82, 2.24) is 0 Å². The molecular weight excluding hydrogens is 132 g/mol. The first-order valence-electron chi connectivity index (χ1n) is 4.26. The summed E-state index contributed by atoms with van der Waals surface area (Å²) in [4.78, 5) is 0. The summed E-state index contributed by atoms with van der Waals surface area (Å²) in [6.45, 7) is 4.00. The van der Waals surface area contributed by atoms with E-state index in [-0.39, 0.29) is 0 Å². The molecule has 1 aliphatic carbocycles. The standard InChI is InChI=1S/C11H13/c1-9-4-2-3-5-11(9)8-10-6-7-10/h2-5,10H,1,6-8H2. The molecule has 0 N–H and O–H groups in total. The molecular formula is C11H13. The van der Waals surface area contributed by atoms with Gasteiger partial charge >= 0.3 is 0 Å². The predicted octanol–water partition coefficient (Wildman–Crippen LogP) is 2.82. The van der Waals surface area contributed by atoms with Crippen molar-refractivity contribution in [2.24, 2.45) is 5.92 Å². The van der Waals surface area contributed by atoms with Gasteiger partial charge in [0.2, 0.25) is 0 Å². The zero-order chi connectivity index (χ0) is 7.68. The SMILES string of the molecule is [CH2]c1ccccc1CC1CC1. The Kier molecular flexibility index (Phi) is 1.69. The fraction of sp³-hybridized carbons (Fsp3) is 0.364. The first-order valence-corrected chi connectivity index (χ1v) is 4.26. The summed E-state index contributed by atoms with van der Waals surface area (Å²) >= 11 is 0. The Hall–Kier alpha value is -0.780. The molecule has 1 fully saturated rings. The molecule has 0 heterocycles. The number of hydrogen-bond acceptors (Lipinski definition) is 0. The minimum atomic E-state index is 0.970. The summed E-state index contributed by atoms with van der Waals surface area (Å²) in [6.07, 6.45) is 4.10. The first kappa shape index (κ1) is 6.90. The van der Waals surface area contributed by atoms with Gasteiger partial charge < -0.3 is 0 Å². The lowest BCUT2D eigenvalue weighted by Crippen LogP contribution is -1.89. The van der Waals surface area contributed by atoms with Gasteiger partial charge in [0, 0.05) is 0 Å². The predicted molar refractivity (Wildman–Crippen MR) is 47.3 cm³/mol. The molecule has 0 atom stereocenters. The van der Waals surface area contributed by atoms with Gasteiger partial charge in [-0.1, -0.05) is 24.3 Å². The Morgan fingerprint density at radius 2 is 2.00 bits per heavy atom. The second-order valence-electron chi connectivity index (χ2n) is 3.42. The van der Waals surface area contributed by atoms with E-state index in [0.29, 0.717) is 0 Å². The number of hydrogen-bond donors (Lipinski definition) is 0. The van der Waals surface area contributed by atoms with Crippen LogP contribution in [0.15, 0.2) is 24.3 Å². The average Bonchev–Trinajstić information content (AvgIpc) is 2.78. The maximum atomic E-state index is 4.00. The van der Waals surface area contributed by atoms with E-state index in [1.165, 1.54) is 30.4 Å². The van der Waals surface area contributed by atoms with Crippen LogP contribution in [0.4, 0.5) is 0 Å². The quantitative estimate of drug-likeness (QED) is 0.600. The van der Waals surface area contributed by atoms with Gasteiger partial charge in [-0.05, 0) is 43.2 Å². The van der Waals surface area contributed by atoms with E-state index < -0.39 is 0 Å². The third kappa shape index (κ3) is 1.62. The van der Waals surface area contributed by atoms with Crippen LogP contribution >= 0.6 is 0 Å². The van der Waals surface area contributed by atoms with Crippen LogP contribution in [0.3, 0.4) is 0 Å². The molecule has 1 aromatic carbocycles. The lowest BCUT2D eigenvalue weighted by Gasteiger charge is -2.02. The van der Waals surface area contributed by atoms with Crippen molar-refractivity contribution in [1.29, 1.82) is 0 Å². The highest BCUT2D eigenvalue weighted by atomic mass is 14.3. The van der Waals surface area contributed by atoms with E-state index in [0.717, 1.165) is 5.92 Å². The van der Waals surface area contributed by atoms with Crippen LogP contribution in [-0.4, -0.2) is 0 Å². The second kappa shape index (κ2) is 2.69. The van der Waals surface area contributed by atoms with Crippen LogP contribution in [-0.2, 0) is 6.42 Å². The minimum absolute atomic E-state index is 0.970. The Bertz CT molecular complexity index is 246. The normalized spacial score (nSPS) is 16.8. The van der Waals surface area contributed by atoms with Crippen LogP contribution < -0.4 is 0 Å². The molecule has 0 amide bonds. The summed E-state index contributed by atoms with van der Waals surface area (Å²) in [7, 11) is 0. The Morgan fingerprint density at radius 1 is 1.27 bits per heavy atom. The van der Waals surface area contributed by atoms with Gasteiger partial charge in [0.1, 0.15) is 0 Å². The van der Waals surface area contributed by atoms with E-state index in [1.807, 2.05) is 0 Å². The van der Waals surface area contributed by atoms with Crippen LogP contribution in [0.5, 0.6) is 0 Å². The van der Waals surface area contributed by atoms with Crippen LogP contribution in [0.2, 0.25) is 0 Å². The molecule has 0 spiro atoms. The third-order valence-corrected chi connectivity index (χ3v) is 2.32. The Balaban J connectivity index is 2.15. The minimum Gasteiger partial charge on any atom is -0.0620 e. The fourth-order valence-electron chi connectivity index (χ4n) is 1.39. The van der Waals surface area contributed by atoms with Crippen LogP contribution in [0.1, 0.15) is 24.0 Å². The van der Waals surface area contributed by atoms with Gasteiger partial charge in [-0.3, -0.25) is 0 Å². The van der Waals surface area contributed by atoms with Crippen molar-refractivity contribution in [3.05, 3.63) is 42.3 Å². The van der Waals surface area contributed by atoms with Crippen molar-refractivity contribution in [2.45, 2.75) is 19.3 Å². The van der Waals surface area contributed by atoms with Crippen molar-refractivity contribution in [3.8, 4) is 0 Å². The topological polar surface area (TPSA) is 0 Å². The van der Waals surface area contributed by atoms with Crippen molar-refractivity contribution >= 4 is 0 Å². The van der Waals surface area contributed by atoms with Gasteiger partial charge in [0.05, 0.1) is 0 Å². The molecule has 0 aliphatic heterocycles. The zero-order valence-electron chi connectivity index (χ0n) is 6.72. The lowest BCUT2D eigenvalue weighted by molar-refractivity contribution is 0.829. The molecule has 0 bridgehead atoms. The lowest BCUT2D eigenvalue weighted by atomic mass is 10.0. The molecule has 57 valence electrons. The first-order chi connectivity index (χ1) is 5.36. The fourth-order valence-corrected chi connectivity index (χ4v) is 1.39. The average molecular weight is 145 g/mol. The van der Waals surface area contributed by atoms with Crippen LogP contribution in [0.25, 0.3) is 0 Å². The van der Waals surface area contributed by atoms with E-state index in [1.54, 1.807) is 0 Å². The smallest absolute Gasteiger partial charge is 0.0235 e. The van der Waals surface area contributed by atoms with Gasteiger partial charge in [0.25, 0.3) is 0 Å². The van der Waals surface area contributed by atoms with Crippen molar-refractivity contribution in [3.63, 3.8) is 0 Å².